The second-order valence-electron chi connectivity index (χ2n) is 4.07. The Morgan fingerprint density at radius 1 is 1.39 bits per heavy atom. The van der Waals surface area contributed by atoms with Crippen molar-refractivity contribution in [1.82, 2.24) is 4.90 Å². The number of nitrogens with zero attached hydrogens (tertiary/aromatic N) is 2. The van der Waals surface area contributed by atoms with Crippen molar-refractivity contribution < 1.29 is 9.47 Å². The molecular weight excluding hydrogens is 228 g/mol. The summed E-state index contributed by atoms with van der Waals surface area (Å²) in [4.78, 5) is 2.15. The summed E-state index contributed by atoms with van der Waals surface area (Å²) < 4.78 is 10.6. The second-order valence-corrected chi connectivity index (χ2v) is 4.07. The van der Waals surface area contributed by atoms with Crippen molar-refractivity contribution in [3.8, 4) is 11.8 Å². The average molecular weight is 248 g/mol. The molecule has 0 bridgehead atoms. The van der Waals surface area contributed by atoms with Crippen molar-refractivity contribution in [2.45, 2.75) is 13.5 Å². The van der Waals surface area contributed by atoms with E-state index in [1.54, 1.807) is 13.2 Å². The van der Waals surface area contributed by atoms with Gasteiger partial charge in [-0.25, -0.2) is 0 Å². The van der Waals surface area contributed by atoms with Gasteiger partial charge in [0.15, 0.2) is 0 Å². The third kappa shape index (κ3) is 4.36. The maximum Gasteiger partial charge on any atom is 0.123 e. The molecule has 0 aliphatic heterocycles. The maximum atomic E-state index is 8.91. The third-order valence-corrected chi connectivity index (χ3v) is 2.67. The van der Waals surface area contributed by atoms with E-state index in [9.17, 15) is 0 Å². The molecule has 1 aromatic rings. The first-order valence-electron chi connectivity index (χ1n) is 6.04. The number of ether oxygens (including phenoxy) is 2. The molecule has 0 aliphatic rings. The number of nitriles is 1. The summed E-state index contributed by atoms with van der Waals surface area (Å²) in [6.07, 6.45) is 0. The van der Waals surface area contributed by atoms with Crippen molar-refractivity contribution in [1.29, 1.82) is 5.26 Å². The molecule has 0 aromatic heterocycles. The molecule has 0 saturated heterocycles. The molecule has 1 aromatic carbocycles. The predicted octanol–water partition coefficient (Wildman–Crippen LogP) is 2.04. The lowest BCUT2D eigenvalue weighted by Gasteiger charge is -2.18. The Bertz CT molecular complexity index is 413. The first-order chi connectivity index (χ1) is 8.71. The highest BCUT2D eigenvalue weighted by Gasteiger charge is 2.07. The van der Waals surface area contributed by atoms with E-state index in [1.807, 2.05) is 26.1 Å². The molecule has 98 valence electrons. The summed E-state index contributed by atoms with van der Waals surface area (Å²) >= 11 is 0. The van der Waals surface area contributed by atoms with Crippen LogP contribution in [0.2, 0.25) is 0 Å². The van der Waals surface area contributed by atoms with E-state index in [1.165, 1.54) is 0 Å². The molecule has 0 unspecified atom stereocenters. The molecule has 0 saturated carbocycles. The van der Waals surface area contributed by atoms with Gasteiger partial charge >= 0.3 is 0 Å². The SMILES string of the molecule is CCOCCN(C)Cc1cc(C#N)ccc1OC. The van der Waals surface area contributed by atoms with Crippen LogP contribution in [-0.2, 0) is 11.3 Å². The Morgan fingerprint density at radius 2 is 2.17 bits per heavy atom. The zero-order valence-corrected chi connectivity index (χ0v) is 11.3. The topological polar surface area (TPSA) is 45.5 Å². The minimum Gasteiger partial charge on any atom is -0.496 e. The molecular formula is C14H20N2O2. The summed E-state index contributed by atoms with van der Waals surface area (Å²) in [5.74, 6) is 0.817. The van der Waals surface area contributed by atoms with E-state index >= 15 is 0 Å². The highest BCUT2D eigenvalue weighted by molar-refractivity contribution is 5.41. The molecule has 0 radical (unpaired) electrons. The molecule has 1 rings (SSSR count). The molecule has 0 N–H and O–H groups in total. The number of methoxy groups -OCH3 is 1. The Kier molecular flexibility index (Phi) is 6.20. The lowest BCUT2D eigenvalue weighted by Crippen LogP contribution is -2.23. The first kappa shape index (κ1) is 14.5. The second kappa shape index (κ2) is 7.70. The monoisotopic (exact) mass is 248 g/mol. The number of rotatable bonds is 7. The Morgan fingerprint density at radius 3 is 2.78 bits per heavy atom. The van der Waals surface area contributed by atoms with Gasteiger partial charge in [-0.2, -0.15) is 5.26 Å². The van der Waals surface area contributed by atoms with E-state index in [-0.39, 0.29) is 0 Å². The summed E-state index contributed by atoms with van der Waals surface area (Å²) in [6.45, 7) is 5.04. The van der Waals surface area contributed by atoms with E-state index < -0.39 is 0 Å². The van der Waals surface area contributed by atoms with Crippen LogP contribution in [0.3, 0.4) is 0 Å². The molecule has 4 nitrogen and oxygen atoms in total. The largest absolute Gasteiger partial charge is 0.496 e. The van der Waals surface area contributed by atoms with Gasteiger partial charge < -0.3 is 9.47 Å². The highest BCUT2D eigenvalue weighted by atomic mass is 16.5. The van der Waals surface area contributed by atoms with Gasteiger partial charge in [0.2, 0.25) is 0 Å². The van der Waals surface area contributed by atoms with Crippen molar-refractivity contribution >= 4 is 0 Å². The molecule has 0 amide bonds. The van der Waals surface area contributed by atoms with Crippen molar-refractivity contribution in [3.05, 3.63) is 29.3 Å². The molecule has 0 fully saturated rings. The smallest absolute Gasteiger partial charge is 0.123 e. The van der Waals surface area contributed by atoms with Crippen molar-refractivity contribution in [2.75, 3.05) is 33.9 Å². The fraction of sp³-hybridized carbons (Fsp3) is 0.500. The van der Waals surface area contributed by atoms with Crippen LogP contribution in [0.15, 0.2) is 18.2 Å². The summed E-state index contributed by atoms with van der Waals surface area (Å²) in [6, 6.07) is 7.62. The molecule has 0 spiro atoms. The zero-order valence-electron chi connectivity index (χ0n) is 11.3. The van der Waals surface area contributed by atoms with Crippen LogP contribution in [0.1, 0.15) is 18.1 Å². The third-order valence-electron chi connectivity index (χ3n) is 2.67. The van der Waals surface area contributed by atoms with Gasteiger partial charge in [0, 0.05) is 25.3 Å². The van der Waals surface area contributed by atoms with Crippen molar-refractivity contribution in [2.24, 2.45) is 0 Å². The van der Waals surface area contributed by atoms with Gasteiger partial charge in [0.25, 0.3) is 0 Å². The van der Waals surface area contributed by atoms with Gasteiger partial charge in [-0.3, -0.25) is 4.90 Å². The highest BCUT2D eigenvalue weighted by Crippen LogP contribution is 2.20. The van der Waals surface area contributed by atoms with Crippen LogP contribution in [0, 0.1) is 11.3 Å². The molecule has 0 atom stereocenters. The fourth-order valence-electron chi connectivity index (χ4n) is 1.71. The van der Waals surface area contributed by atoms with Crippen LogP contribution >= 0.6 is 0 Å². The van der Waals surface area contributed by atoms with Crippen molar-refractivity contribution in [3.63, 3.8) is 0 Å². The minimum absolute atomic E-state index is 0.656. The predicted molar refractivity (Wildman–Crippen MR) is 70.5 cm³/mol. The van der Waals surface area contributed by atoms with Gasteiger partial charge in [-0.15, -0.1) is 0 Å². The van der Waals surface area contributed by atoms with Crippen LogP contribution in [0.5, 0.6) is 5.75 Å². The molecule has 18 heavy (non-hydrogen) atoms. The van der Waals surface area contributed by atoms with Crippen LogP contribution in [0.25, 0.3) is 0 Å². The van der Waals surface area contributed by atoms with Gasteiger partial charge in [0.1, 0.15) is 5.75 Å². The lowest BCUT2D eigenvalue weighted by molar-refractivity contribution is 0.120. The Labute approximate surface area is 109 Å². The van der Waals surface area contributed by atoms with E-state index in [2.05, 4.69) is 11.0 Å². The lowest BCUT2D eigenvalue weighted by atomic mass is 10.1. The average Bonchev–Trinajstić information content (AvgIpc) is 2.39. The van der Waals surface area contributed by atoms with Gasteiger partial charge in [-0.05, 0) is 32.2 Å². The Balaban J connectivity index is 2.67. The molecule has 0 heterocycles. The summed E-state index contributed by atoms with van der Waals surface area (Å²) in [5, 5.41) is 8.91. The van der Waals surface area contributed by atoms with Gasteiger partial charge in [-0.1, -0.05) is 0 Å². The Hall–Kier alpha value is -1.57. The van der Waals surface area contributed by atoms with Gasteiger partial charge in [0.05, 0.1) is 25.3 Å². The maximum absolute atomic E-state index is 8.91. The number of benzene rings is 1. The van der Waals surface area contributed by atoms with Crippen LogP contribution in [0.4, 0.5) is 0 Å². The normalized spacial score (nSPS) is 10.4. The van der Waals surface area contributed by atoms with E-state index in [0.717, 1.165) is 31.0 Å². The van der Waals surface area contributed by atoms with Crippen LogP contribution < -0.4 is 4.74 Å². The zero-order chi connectivity index (χ0) is 13.4. The minimum atomic E-state index is 0.656. The van der Waals surface area contributed by atoms with Crippen LogP contribution in [-0.4, -0.2) is 38.8 Å². The number of likely N-dealkylation sites (N-methyl/N-ethyl adjacent to an activating group) is 1. The van der Waals surface area contributed by atoms with E-state index in [4.69, 9.17) is 14.7 Å². The molecule has 4 heteroatoms. The summed E-state index contributed by atoms with van der Waals surface area (Å²) in [7, 11) is 3.67. The molecule has 0 aliphatic carbocycles. The standard InChI is InChI=1S/C14H20N2O2/c1-4-18-8-7-16(2)11-13-9-12(10-15)5-6-14(13)17-3/h5-6,9H,4,7-8,11H2,1-3H3. The summed E-state index contributed by atoms with van der Waals surface area (Å²) in [5.41, 5.74) is 1.68. The quantitative estimate of drug-likeness (QED) is 0.693. The number of hydrogen-bond donors (Lipinski definition) is 0. The fourth-order valence-corrected chi connectivity index (χ4v) is 1.71. The first-order valence-corrected chi connectivity index (χ1v) is 6.04. The van der Waals surface area contributed by atoms with E-state index in [0.29, 0.717) is 12.2 Å². The number of hydrogen-bond acceptors (Lipinski definition) is 4.